The molecule has 1 fully saturated rings. The van der Waals surface area contributed by atoms with Gasteiger partial charge in [0.05, 0.1) is 0 Å². The fourth-order valence-electron chi connectivity index (χ4n) is 3.48. The highest BCUT2D eigenvalue weighted by Gasteiger charge is 2.19. The molecule has 2 aromatic carbocycles. The monoisotopic (exact) mass is 370 g/mol. The first-order chi connectivity index (χ1) is 12.7. The number of halogens is 2. The van der Waals surface area contributed by atoms with Crippen LogP contribution in [0.5, 0.6) is 0 Å². The van der Waals surface area contributed by atoms with E-state index in [0.29, 0.717) is 5.52 Å². The summed E-state index contributed by atoms with van der Waals surface area (Å²) < 4.78 is 14.0. The van der Waals surface area contributed by atoms with Crippen molar-refractivity contribution in [3.63, 3.8) is 0 Å². The molecule has 3 aromatic rings. The van der Waals surface area contributed by atoms with E-state index in [9.17, 15) is 4.39 Å². The van der Waals surface area contributed by atoms with Crippen LogP contribution in [-0.2, 0) is 6.54 Å². The molecule has 2 heterocycles. The molecule has 26 heavy (non-hydrogen) atoms. The summed E-state index contributed by atoms with van der Waals surface area (Å²) >= 11 is 5.97. The molecule has 134 valence electrons. The van der Waals surface area contributed by atoms with Crippen molar-refractivity contribution < 1.29 is 4.39 Å². The van der Waals surface area contributed by atoms with Crippen molar-refractivity contribution in [1.29, 1.82) is 0 Å². The Balaban J connectivity index is 1.50. The summed E-state index contributed by atoms with van der Waals surface area (Å²) in [5, 5.41) is 1.54. The molecule has 0 bridgehead atoms. The molecule has 1 aliphatic rings. The second kappa shape index (κ2) is 7.56. The Kier molecular flexibility index (Phi) is 5.00. The third-order valence-electron chi connectivity index (χ3n) is 4.80. The largest absolute Gasteiger partial charge is 0.355 e. The van der Waals surface area contributed by atoms with E-state index in [4.69, 9.17) is 11.6 Å². The van der Waals surface area contributed by atoms with Crippen LogP contribution in [-0.4, -0.2) is 41.0 Å². The number of rotatable bonds is 3. The van der Waals surface area contributed by atoms with Crippen molar-refractivity contribution in [2.45, 2.75) is 13.0 Å². The molecule has 4 rings (SSSR count). The Morgan fingerprint density at radius 1 is 0.962 bits per heavy atom. The fourth-order valence-corrected chi connectivity index (χ4v) is 3.60. The maximum absolute atomic E-state index is 14.0. The van der Waals surface area contributed by atoms with Crippen LogP contribution < -0.4 is 4.90 Å². The van der Waals surface area contributed by atoms with Crippen LogP contribution in [0, 0.1) is 5.82 Å². The van der Waals surface area contributed by atoms with Crippen molar-refractivity contribution in [3.05, 3.63) is 65.2 Å². The Morgan fingerprint density at radius 2 is 1.81 bits per heavy atom. The Labute approximate surface area is 157 Å². The van der Waals surface area contributed by atoms with Crippen LogP contribution in [0.25, 0.3) is 10.9 Å². The molecule has 1 aromatic heterocycles. The van der Waals surface area contributed by atoms with Gasteiger partial charge < -0.3 is 4.90 Å². The first kappa shape index (κ1) is 17.2. The first-order valence-corrected chi connectivity index (χ1v) is 9.19. The maximum Gasteiger partial charge on any atom is 0.149 e. The average Bonchev–Trinajstić information content (AvgIpc) is 2.89. The third kappa shape index (κ3) is 3.64. The number of hydrogen-bond acceptors (Lipinski definition) is 4. The number of nitrogens with zero attached hydrogens (tertiary/aromatic N) is 4. The lowest BCUT2D eigenvalue weighted by Gasteiger charge is -2.23. The van der Waals surface area contributed by atoms with Gasteiger partial charge in [-0.05, 0) is 36.2 Å². The molecule has 6 heteroatoms. The molecule has 0 N–H and O–H groups in total. The van der Waals surface area contributed by atoms with Crippen LogP contribution in [0.1, 0.15) is 12.0 Å². The summed E-state index contributed by atoms with van der Waals surface area (Å²) in [6.07, 6.45) is 2.49. The van der Waals surface area contributed by atoms with Gasteiger partial charge in [-0.1, -0.05) is 29.8 Å². The number of anilines is 1. The van der Waals surface area contributed by atoms with Crippen LogP contribution >= 0.6 is 11.6 Å². The maximum atomic E-state index is 14.0. The van der Waals surface area contributed by atoms with E-state index >= 15 is 0 Å². The second-order valence-corrected chi connectivity index (χ2v) is 7.01. The molecule has 0 radical (unpaired) electrons. The SMILES string of the molecule is Fc1cccc2c(N3CCCN(Cc4ccc(Cl)cc4)CC3)ncnc12. The van der Waals surface area contributed by atoms with Crippen molar-refractivity contribution in [2.24, 2.45) is 0 Å². The van der Waals surface area contributed by atoms with Gasteiger partial charge in [0.1, 0.15) is 23.5 Å². The van der Waals surface area contributed by atoms with Gasteiger partial charge in [-0.15, -0.1) is 0 Å². The highest BCUT2D eigenvalue weighted by Crippen LogP contribution is 2.25. The van der Waals surface area contributed by atoms with Crippen LogP contribution in [0.2, 0.25) is 5.02 Å². The first-order valence-electron chi connectivity index (χ1n) is 8.82. The van der Waals surface area contributed by atoms with Gasteiger partial charge in [-0.25, -0.2) is 14.4 Å². The average molecular weight is 371 g/mol. The van der Waals surface area contributed by atoms with Crippen LogP contribution in [0.4, 0.5) is 10.2 Å². The van der Waals surface area contributed by atoms with E-state index in [1.807, 2.05) is 18.2 Å². The quantitative estimate of drug-likeness (QED) is 0.693. The van der Waals surface area contributed by atoms with Gasteiger partial charge in [0, 0.05) is 43.1 Å². The molecule has 0 aliphatic carbocycles. The lowest BCUT2D eigenvalue weighted by atomic mass is 10.2. The summed E-state index contributed by atoms with van der Waals surface area (Å²) in [5.41, 5.74) is 1.65. The standard InChI is InChI=1S/C20H20ClFN4/c21-16-7-5-15(6-8-16)13-25-9-2-10-26(12-11-25)20-17-3-1-4-18(22)19(17)23-14-24-20/h1,3-8,14H,2,9-13H2. The number of fused-ring (bicyclic) bond motifs is 1. The Morgan fingerprint density at radius 3 is 2.65 bits per heavy atom. The summed E-state index contributed by atoms with van der Waals surface area (Å²) in [7, 11) is 0. The van der Waals surface area contributed by atoms with Crippen molar-refractivity contribution in [3.8, 4) is 0 Å². The van der Waals surface area contributed by atoms with E-state index in [1.165, 1.54) is 18.0 Å². The van der Waals surface area contributed by atoms with Crippen molar-refractivity contribution in [1.82, 2.24) is 14.9 Å². The number of benzene rings is 2. The molecular formula is C20H20ClFN4. The summed E-state index contributed by atoms with van der Waals surface area (Å²) in [4.78, 5) is 13.2. The smallest absolute Gasteiger partial charge is 0.149 e. The minimum absolute atomic E-state index is 0.301. The summed E-state index contributed by atoms with van der Waals surface area (Å²) in [6.45, 7) is 4.63. The minimum atomic E-state index is -0.301. The summed E-state index contributed by atoms with van der Waals surface area (Å²) in [5.74, 6) is 0.521. The van der Waals surface area contributed by atoms with E-state index in [0.717, 1.165) is 55.4 Å². The Bertz CT molecular complexity index is 900. The molecular weight excluding hydrogens is 351 g/mol. The van der Waals surface area contributed by atoms with Crippen LogP contribution in [0.3, 0.4) is 0 Å². The molecule has 0 atom stereocenters. The van der Waals surface area contributed by atoms with Crippen molar-refractivity contribution >= 4 is 28.3 Å². The topological polar surface area (TPSA) is 32.3 Å². The summed E-state index contributed by atoms with van der Waals surface area (Å²) in [6, 6.07) is 13.1. The zero-order valence-corrected chi connectivity index (χ0v) is 15.2. The van der Waals surface area contributed by atoms with Crippen molar-refractivity contribution in [2.75, 3.05) is 31.1 Å². The van der Waals surface area contributed by atoms with Gasteiger partial charge >= 0.3 is 0 Å². The highest BCUT2D eigenvalue weighted by molar-refractivity contribution is 6.30. The van der Waals surface area contributed by atoms with E-state index in [2.05, 4.69) is 31.9 Å². The normalized spacial score (nSPS) is 16.0. The second-order valence-electron chi connectivity index (χ2n) is 6.58. The molecule has 4 nitrogen and oxygen atoms in total. The van der Waals surface area contributed by atoms with E-state index in [-0.39, 0.29) is 5.82 Å². The van der Waals surface area contributed by atoms with E-state index < -0.39 is 0 Å². The van der Waals surface area contributed by atoms with E-state index in [1.54, 1.807) is 6.07 Å². The lowest BCUT2D eigenvalue weighted by Crippen LogP contribution is -2.31. The Hall–Kier alpha value is -2.24. The predicted octanol–water partition coefficient (Wildman–Crippen LogP) is 4.13. The number of hydrogen-bond donors (Lipinski definition) is 0. The zero-order chi connectivity index (χ0) is 17.9. The van der Waals surface area contributed by atoms with Gasteiger partial charge in [0.25, 0.3) is 0 Å². The lowest BCUT2D eigenvalue weighted by molar-refractivity contribution is 0.285. The van der Waals surface area contributed by atoms with Gasteiger partial charge in [-0.3, -0.25) is 4.90 Å². The van der Waals surface area contributed by atoms with Crippen LogP contribution in [0.15, 0.2) is 48.8 Å². The molecule has 0 saturated carbocycles. The zero-order valence-electron chi connectivity index (χ0n) is 14.4. The van der Waals surface area contributed by atoms with Gasteiger partial charge in [0.2, 0.25) is 0 Å². The molecule has 1 aliphatic heterocycles. The molecule has 0 amide bonds. The van der Waals surface area contributed by atoms with Gasteiger partial charge in [0.15, 0.2) is 0 Å². The molecule has 1 saturated heterocycles. The number of para-hydroxylation sites is 1. The third-order valence-corrected chi connectivity index (χ3v) is 5.05. The van der Waals surface area contributed by atoms with Gasteiger partial charge in [-0.2, -0.15) is 0 Å². The molecule has 0 unspecified atom stereocenters. The predicted molar refractivity (Wildman–Crippen MR) is 103 cm³/mol. The number of aromatic nitrogens is 2. The highest BCUT2D eigenvalue weighted by atomic mass is 35.5. The minimum Gasteiger partial charge on any atom is -0.355 e. The molecule has 0 spiro atoms. The fraction of sp³-hybridized carbons (Fsp3) is 0.300.